The number of aromatic nitrogens is 2. The van der Waals surface area contributed by atoms with Gasteiger partial charge in [-0.1, -0.05) is 25.0 Å². The third kappa shape index (κ3) is 2.84. The van der Waals surface area contributed by atoms with Crippen LogP contribution in [0.3, 0.4) is 0 Å². The van der Waals surface area contributed by atoms with Crippen molar-refractivity contribution in [3.8, 4) is 0 Å². The van der Waals surface area contributed by atoms with Crippen molar-refractivity contribution in [3.05, 3.63) is 30.1 Å². The normalized spacial score (nSPS) is 17.9. The summed E-state index contributed by atoms with van der Waals surface area (Å²) in [6, 6.07) is 8.19. The van der Waals surface area contributed by atoms with Gasteiger partial charge in [0, 0.05) is 6.54 Å². The number of hydrogen-bond acceptors (Lipinski definition) is 2. The number of alkyl halides is 1. The molecular formula is C16H21ClN2O. The van der Waals surface area contributed by atoms with Crippen LogP contribution < -0.4 is 0 Å². The molecule has 3 rings (SSSR count). The summed E-state index contributed by atoms with van der Waals surface area (Å²) in [4.78, 5) is 4.64. The molecule has 0 bridgehead atoms. The minimum Gasteiger partial charge on any atom is -0.376 e. The van der Waals surface area contributed by atoms with Gasteiger partial charge in [0.2, 0.25) is 0 Å². The summed E-state index contributed by atoms with van der Waals surface area (Å²) >= 11 is 6.26. The van der Waals surface area contributed by atoms with E-state index >= 15 is 0 Å². The number of para-hydroxylation sites is 2. The van der Waals surface area contributed by atoms with Crippen molar-refractivity contribution in [2.45, 2.75) is 50.6 Å². The van der Waals surface area contributed by atoms with E-state index in [2.05, 4.69) is 15.6 Å². The highest BCUT2D eigenvalue weighted by molar-refractivity contribution is 6.20. The van der Waals surface area contributed by atoms with Crippen LogP contribution in [0.2, 0.25) is 0 Å². The van der Waals surface area contributed by atoms with Gasteiger partial charge in [0.1, 0.15) is 5.82 Å². The zero-order chi connectivity index (χ0) is 13.9. The lowest BCUT2D eigenvalue weighted by Crippen LogP contribution is -2.14. The minimum atomic E-state index is -0.0890. The number of nitrogens with zero attached hydrogens (tertiary/aromatic N) is 2. The molecule has 0 aliphatic heterocycles. The van der Waals surface area contributed by atoms with E-state index in [0.717, 1.165) is 30.0 Å². The van der Waals surface area contributed by atoms with Crippen molar-refractivity contribution < 1.29 is 4.74 Å². The second-order valence-corrected chi connectivity index (χ2v) is 6.16. The van der Waals surface area contributed by atoms with E-state index in [1.165, 1.54) is 25.7 Å². The Morgan fingerprint density at radius 2 is 2.10 bits per heavy atom. The largest absolute Gasteiger partial charge is 0.376 e. The van der Waals surface area contributed by atoms with Crippen molar-refractivity contribution >= 4 is 22.6 Å². The van der Waals surface area contributed by atoms with Crippen molar-refractivity contribution in [3.63, 3.8) is 0 Å². The maximum atomic E-state index is 6.26. The van der Waals surface area contributed by atoms with E-state index in [-0.39, 0.29) is 5.38 Å². The Morgan fingerprint density at radius 1 is 1.35 bits per heavy atom. The second kappa shape index (κ2) is 6.15. The molecular weight excluding hydrogens is 272 g/mol. The molecule has 0 spiro atoms. The van der Waals surface area contributed by atoms with Crippen LogP contribution in [-0.2, 0) is 11.3 Å². The molecule has 1 atom stereocenters. The van der Waals surface area contributed by atoms with E-state index in [9.17, 15) is 0 Å². The Bertz CT molecular complexity index is 573. The molecule has 0 radical (unpaired) electrons. The molecule has 0 N–H and O–H groups in total. The van der Waals surface area contributed by atoms with Gasteiger partial charge < -0.3 is 9.30 Å². The third-order valence-electron chi connectivity index (χ3n) is 4.01. The van der Waals surface area contributed by atoms with Crippen LogP contribution in [0.4, 0.5) is 0 Å². The average Bonchev–Trinajstić information content (AvgIpc) is 3.07. The summed E-state index contributed by atoms with van der Waals surface area (Å²) in [6.45, 7) is 3.53. The first-order valence-corrected chi connectivity index (χ1v) is 7.90. The van der Waals surface area contributed by atoms with E-state index in [4.69, 9.17) is 16.3 Å². The fourth-order valence-electron chi connectivity index (χ4n) is 3.00. The van der Waals surface area contributed by atoms with Crippen molar-refractivity contribution in [1.82, 2.24) is 9.55 Å². The van der Waals surface area contributed by atoms with E-state index < -0.39 is 0 Å². The van der Waals surface area contributed by atoms with Crippen LogP contribution in [0.1, 0.15) is 43.8 Å². The molecule has 1 aromatic heterocycles. The van der Waals surface area contributed by atoms with Gasteiger partial charge in [0.25, 0.3) is 0 Å². The van der Waals surface area contributed by atoms with Crippen molar-refractivity contribution in [1.29, 1.82) is 0 Å². The zero-order valence-electron chi connectivity index (χ0n) is 11.9. The Kier molecular flexibility index (Phi) is 4.27. The van der Waals surface area contributed by atoms with Crippen LogP contribution in [0.5, 0.6) is 0 Å². The standard InChI is InChI=1S/C16H21ClN2O/c1-12(17)16-18-14-8-4-5-9-15(14)19(16)10-11-20-13-6-2-3-7-13/h4-5,8-9,12-13H,2-3,6-7,10-11H2,1H3. The Hall–Kier alpha value is -1.06. The maximum Gasteiger partial charge on any atom is 0.127 e. The lowest BCUT2D eigenvalue weighted by Gasteiger charge is -2.14. The summed E-state index contributed by atoms with van der Waals surface area (Å²) in [5, 5.41) is -0.0890. The lowest BCUT2D eigenvalue weighted by molar-refractivity contribution is 0.0531. The fourth-order valence-corrected chi connectivity index (χ4v) is 3.17. The molecule has 1 aliphatic carbocycles. The molecule has 1 unspecified atom stereocenters. The maximum absolute atomic E-state index is 6.26. The number of halogens is 1. The van der Waals surface area contributed by atoms with E-state index in [0.29, 0.717) is 6.10 Å². The molecule has 0 saturated heterocycles. The van der Waals surface area contributed by atoms with Gasteiger partial charge in [0.05, 0.1) is 29.1 Å². The number of fused-ring (bicyclic) bond motifs is 1. The highest BCUT2D eigenvalue weighted by atomic mass is 35.5. The van der Waals surface area contributed by atoms with E-state index in [1.54, 1.807) is 0 Å². The Labute approximate surface area is 124 Å². The van der Waals surface area contributed by atoms with Gasteiger partial charge in [-0.2, -0.15) is 0 Å². The highest BCUT2D eigenvalue weighted by Crippen LogP contribution is 2.25. The number of rotatable bonds is 5. The summed E-state index contributed by atoms with van der Waals surface area (Å²) in [6.07, 6.45) is 5.50. The first-order chi connectivity index (χ1) is 9.75. The number of imidazole rings is 1. The first kappa shape index (κ1) is 13.9. The first-order valence-electron chi connectivity index (χ1n) is 7.46. The van der Waals surface area contributed by atoms with Crippen molar-refractivity contribution in [2.24, 2.45) is 0 Å². The molecule has 20 heavy (non-hydrogen) atoms. The molecule has 2 aromatic rings. The van der Waals surface area contributed by atoms with Crippen LogP contribution >= 0.6 is 11.6 Å². The topological polar surface area (TPSA) is 27.1 Å². The Balaban J connectivity index is 1.76. The third-order valence-corrected chi connectivity index (χ3v) is 4.21. The Morgan fingerprint density at radius 3 is 2.85 bits per heavy atom. The molecule has 0 amide bonds. The van der Waals surface area contributed by atoms with Crippen molar-refractivity contribution in [2.75, 3.05) is 6.61 Å². The second-order valence-electron chi connectivity index (χ2n) is 5.50. The summed E-state index contributed by atoms with van der Waals surface area (Å²) in [5.74, 6) is 0.933. The smallest absolute Gasteiger partial charge is 0.127 e. The summed E-state index contributed by atoms with van der Waals surface area (Å²) in [7, 11) is 0. The number of ether oxygens (including phenoxy) is 1. The van der Waals surface area contributed by atoms with Gasteiger partial charge in [-0.3, -0.25) is 0 Å². The molecule has 1 fully saturated rings. The molecule has 108 valence electrons. The molecule has 1 aromatic carbocycles. The predicted octanol–water partition coefficient (Wildman–Crippen LogP) is 4.30. The van der Waals surface area contributed by atoms with Gasteiger partial charge in [-0.25, -0.2) is 4.98 Å². The average molecular weight is 293 g/mol. The molecule has 3 nitrogen and oxygen atoms in total. The SMILES string of the molecule is CC(Cl)c1nc2ccccc2n1CCOC1CCCC1. The summed E-state index contributed by atoms with van der Waals surface area (Å²) in [5.41, 5.74) is 2.15. The quantitative estimate of drug-likeness (QED) is 0.769. The molecule has 4 heteroatoms. The zero-order valence-corrected chi connectivity index (χ0v) is 12.6. The fraction of sp³-hybridized carbons (Fsp3) is 0.562. The van der Waals surface area contributed by atoms with Crippen LogP contribution in [-0.4, -0.2) is 22.3 Å². The van der Waals surface area contributed by atoms with Crippen LogP contribution in [0.25, 0.3) is 11.0 Å². The van der Waals surface area contributed by atoms with Gasteiger partial charge in [-0.05, 0) is 31.9 Å². The predicted molar refractivity (Wildman–Crippen MR) is 82.2 cm³/mol. The van der Waals surface area contributed by atoms with Gasteiger partial charge in [0.15, 0.2) is 0 Å². The van der Waals surface area contributed by atoms with Crippen LogP contribution in [0, 0.1) is 0 Å². The molecule has 1 aliphatic rings. The molecule has 1 saturated carbocycles. The van der Waals surface area contributed by atoms with E-state index in [1.807, 2.05) is 25.1 Å². The van der Waals surface area contributed by atoms with Crippen LogP contribution in [0.15, 0.2) is 24.3 Å². The lowest BCUT2D eigenvalue weighted by atomic mass is 10.3. The highest BCUT2D eigenvalue weighted by Gasteiger charge is 2.17. The summed E-state index contributed by atoms with van der Waals surface area (Å²) < 4.78 is 8.16. The van der Waals surface area contributed by atoms with Gasteiger partial charge in [-0.15, -0.1) is 11.6 Å². The number of hydrogen-bond donors (Lipinski definition) is 0. The molecule has 1 heterocycles. The number of benzene rings is 1. The monoisotopic (exact) mass is 292 g/mol. The minimum absolute atomic E-state index is 0.0890. The van der Waals surface area contributed by atoms with Gasteiger partial charge >= 0.3 is 0 Å².